The minimum Gasteiger partial charge on any atom is -0.497 e. The number of aryl methyl sites for hydroxylation is 1. The van der Waals surface area contributed by atoms with E-state index in [1.165, 1.54) is 36.6 Å². The molecule has 2 fully saturated rings. The van der Waals surface area contributed by atoms with Gasteiger partial charge in [0.15, 0.2) is 0 Å². The zero-order valence-corrected chi connectivity index (χ0v) is 19.0. The molecule has 5 nitrogen and oxygen atoms in total. The van der Waals surface area contributed by atoms with E-state index in [4.69, 9.17) is 4.74 Å². The predicted molar refractivity (Wildman–Crippen MR) is 129 cm³/mol. The van der Waals surface area contributed by atoms with E-state index in [1.807, 2.05) is 12.1 Å². The van der Waals surface area contributed by atoms with Crippen LogP contribution in [0.5, 0.6) is 5.75 Å². The molecule has 0 atom stereocenters. The monoisotopic (exact) mass is 431 g/mol. The van der Waals surface area contributed by atoms with E-state index in [0.29, 0.717) is 6.42 Å². The number of carbonyl (C=O) groups excluding carboxylic acids is 1. The van der Waals surface area contributed by atoms with Crippen LogP contribution in [0.3, 0.4) is 0 Å². The average molecular weight is 432 g/mol. The Balaban J connectivity index is 1.29. The van der Waals surface area contributed by atoms with E-state index in [1.54, 1.807) is 7.11 Å². The third-order valence-electron chi connectivity index (χ3n) is 7.29. The highest BCUT2D eigenvalue weighted by Crippen LogP contribution is 2.32. The summed E-state index contributed by atoms with van der Waals surface area (Å²) in [6.07, 6.45) is 6.70. The number of H-pyrrole nitrogens is 1. The van der Waals surface area contributed by atoms with Crippen molar-refractivity contribution in [3.63, 3.8) is 0 Å². The maximum atomic E-state index is 13.1. The largest absolute Gasteiger partial charge is 0.497 e. The van der Waals surface area contributed by atoms with Gasteiger partial charge >= 0.3 is 0 Å². The average Bonchev–Trinajstić information content (AvgIpc) is 3.51. The Bertz CT molecular complexity index is 1060. The van der Waals surface area contributed by atoms with Gasteiger partial charge in [-0.05, 0) is 60.7 Å². The SMILES string of the molecule is COc1ccc(-c2[nH]c3ccccc3c2CCC(=O)N2CCN(C3CCCC3)CC2)cc1. The summed E-state index contributed by atoms with van der Waals surface area (Å²) in [6.45, 7) is 3.80. The number of carbonyl (C=O) groups is 1. The van der Waals surface area contributed by atoms with Crippen LogP contribution in [0, 0.1) is 0 Å². The van der Waals surface area contributed by atoms with Gasteiger partial charge in [0.2, 0.25) is 5.91 Å². The molecule has 2 heterocycles. The lowest BCUT2D eigenvalue weighted by Crippen LogP contribution is -2.51. The number of hydrogen-bond acceptors (Lipinski definition) is 3. The first-order valence-corrected chi connectivity index (χ1v) is 12.0. The molecule has 5 rings (SSSR count). The number of amides is 1. The second-order valence-corrected chi connectivity index (χ2v) is 9.11. The lowest BCUT2D eigenvalue weighted by atomic mass is 10.0. The van der Waals surface area contributed by atoms with Crippen LogP contribution in [0.4, 0.5) is 0 Å². The van der Waals surface area contributed by atoms with E-state index in [2.05, 4.69) is 51.2 Å². The number of aromatic nitrogens is 1. The summed E-state index contributed by atoms with van der Waals surface area (Å²) in [6, 6.07) is 17.3. The Morgan fingerprint density at radius 2 is 1.72 bits per heavy atom. The number of nitrogens with one attached hydrogen (secondary N) is 1. The first kappa shape index (κ1) is 21.1. The minimum atomic E-state index is 0.280. The molecule has 1 aliphatic carbocycles. The van der Waals surface area contributed by atoms with Crippen molar-refractivity contribution in [2.75, 3.05) is 33.3 Å². The van der Waals surface area contributed by atoms with Crippen LogP contribution in [0.25, 0.3) is 22.2 Å². The number of para-hydroxylation sites is 1. The number of ether oxygens (including phenoxy) is 1. The normalized spacial score (nSPS) is 17.8. The maximum Gasteiger partial charge on any atom is 0.222 e. The molecular weight excluding hydrogens is 398 g/mol. The quantitative estimate of drug-likeness (QED) is 0.606. The second-order valence-electron chi connectivity index (χ2n) is 9.11. The number of fused-ring (bicyclic) bond motifs is 1. The van der Waals surface area contributed by atoms with Crippen molar-refractivity contribution >= 4 is 16.8 Å². The Kier molecular flexibility index (Phi) is 6.17. The molecular formula is C27H33N3O2. The molecule has 2 aromatic carbocycles. The molecule has 168 valence electrons. The Morgan fingerprint density at radius 3 is 2.44 bits per heavy atom. The van der Waals surface area contributed by atoms with Crippen molar-refractivity contribution in [1.82, 2.24) is 14.8 Å². The summed E-state index contributed by atoms with van der Waals surface area (Å²) in [4.78, 5) is 21.3. The number of nitrogens with zero attached hydrogens (tertiary/aromatic N) is 2. The maximum absolute atomic E-state index is 13.1. The smallest absolute Gasteiger partial charge is 0.222 e. The highest BCUT2D eigenvalue weighted by atomic mass is 16.5. The Labute approximate surface area is 190 Å². The van der Waals surface area contributed by atoms with Gasteiger partial charge in [0.25, 0.3) is 0 Å². The lowest BCUT2D eigenvalue weighted by molar-refractivity contribution is -0.133. The van der Waals surface area contributed by atoms with Crippen molar-refractivity contribution in [3.05, 3.63) is 54.1 Å². The molecule has 1 amide bonds. The first-order chi connectivity index (χ1) is 15.7. The number of hydrogen-bond donors (Lipinski definition) is 1. The van der Waals surface area contributed by atoms with E-state index in [9.17, 15) is 4.79 Å². The summed E-state index contributed by atoms with van der Waals surface area (Å²) in [7, 11) is 1.68. The zero-order valence-electron chi connectivity index (χ0n) is 19.0. The fourth-order valence-electron chi connectivity index (χ4n) is 5.46. The molecule has 0 bridgehead atoms. The fraction of sp³-hybridized carbons (Fsp3) is 0.444. The molecule has 1 N–H and O–H groups in total. The van der Waals surface area contributed by atoms with Gasteiger partial charge in [-0.15, -0.1) is 0 Å². The van der Waals surface area contributed by atoms with Crippen LogP contribution in [0.1, 0.15) is 37.7 Å². The Hall–Kier alpha value is -2.79. The predicted octanol–water partition coefficient (Wildman–Crippen LogP) is 4.86. The van der Waals surface area contributed by atoms with Gasteiger partial charge in [0.1, 0.15) is 5.75 Å². The molecule has 0 spiro atoms. The summed E-state index contributed by atoms with van der Waals surface area (Å²) in [5.41, 5.74) is 4.57. The molecule has 0 radical (unpaired) electrons. The summed E-state index contributed by atoms with van der Waals surface area (Å²) < 4.78 is 5.32. The van der Waals surface area contributed by atoms with E-state index < -0.39 is 0 Å². The van der Waals surface area contributed by atoms with Crippen molar-refractivity contribution in [2.24, 2.45) is 0 Å². The van der Waals surface area contributed by atoms with Crippen LogP contribution < -0.4 is 4.74 Å². The lowest BCUT2D eigenvalue weighted by Gasteiger charge is -2.38. The Morgan fingerprint density at radius 1 is 1.00 bits per heavy atom. The van der Waals surface area contributed by atoms with Gasteiger partial charge in [0, 0.05) is 55.2 Å². The molecule has 3 aromatic rings. The van der Waals surface area contributed by atoms with Gasteiger partial charge in [-0.2, -0.15) is 0 Å². The molecule has 0 unspecified atom stereocenters. The third-order valence-corrected chi connectivity index (χ3v) is 7.29. The number of piperazine rings is 1. The molecule has 32 heavy (non-hydrogen) atoms. The number of methoxy groups -OCH3 is 1. The topological polar surface area (TPSA) is 48.6 Å². The number of aromatic amines is 1. The number of benzene rings is 2. The molecule has 1 saturated heterocycles. The van der Waals surface area contributed by atoms with E-state index in [0.717, 1.165) is 61.2 Å². The molecule has 5 heteroatoms. The van der Waals surface area contributed by atoms with Gasteiger partial charge in [-0.25, -0.2) is 0 Å². The molecule has 1 saturated carbocycles. The minimum absolute atomic E-state index is 0.280. The van der Waals surface area contributed by atoms with E-state index in [-0.39, 0.29) is 5.91 Å². The van der Waals surface area contributed by atoms with Crippen molar-refractivity contribution in [1.29, 1.82) is 0 Å². The van der Waals surface area contributed by atoms with Crippen LogP contribution in [0.2, 0.25) is 0 Å². The zero-order chi connectivity index (χ0) is 21.9. The third kappa shape index (κ3) is 4.26. The van der Waals surface area contributed by atoms with Crippen molar-refractivity contribution in [2.45, 2.75) is 44.6 Å². The summed E-state index contributed by atoms with van der Waals surface area (Å²) in [5.74, 6) is 1.13. The second kappa shape index (κ2) is 9.37. The highest BCUT2D eigenvalue weighted by molar-refractivity contribution is 5.91. The summed E-state index contributed by atoms with van der Waals surface area (Å²) in [5, 5.41) is 1.21. The van der Waals surface area contributed by atoms with Gasteiger partial charge in [-0.3, -0.25) is 9.69 Å². The van der Waals surface area contributed by atoms with Crippen molar-refractivity contribution in [3.8, 4) is 17.0 Å². The molecule has 1 aromatic heterocycles. The highest BCUT2D eigenvalue weighted by Gasteiger charge is 2.28. The van der Waals surface area contributed by atoms with Crippen LogP contribution in [-0.2, 0) is 11.2 Å². The molecule has 1 aliphatic heterocycles. The van der Waals surface area contributed by atoms with Gasteiger partial charge in [0.05, 0.1) is 7.11 Å². The first-order valence-electron chi connectivity index (χ1n) is 12.0. The summed E-state index contributed by atoms with van der Waals surface area (Å²) >= 11 is 0. The van der Waals surface area contributed by atoms with Crippen LogP contribution in [0.15, 0.2) is 48.5 Å². The van der Waals surface area contributed by atoms with E-state index >= 15 is 0 Å². The van der Waals surface area contributed by atoms with Gasteiger partial charge < -0.3 is 14.6 Å². The van der Waals surface area contributed by atoms with Gasteiger partial charge in [-0.1, -0.05) is 31.0 Å². The molecule has 2 aliphatic rings. The van der Waals surface area contributed by atoms with Crippen molar-refractivity contribution < 1.29 is 9.53 Å². The number of rotatable bonds is 6. The standard InChI is InChI=1S/C27H33N3O2/c1-32-22-12-10-20(11-13-22)27-24(23-8-4-5-9-25(23)28-27)14-15-26(31)30-18-16-29(17-19-30)21-6-2-3-7-21/h4-5,8-13,21,28H,2-3,6-7,14-19H2,1H3. The van der Waals surface area contributed by atoms with Crippen LogP contribution in [-0.4, -0.2) is 60.0 Å². The van der Waals surface area contributed by atoms with Crippen LogP contribution >= 0.6 is 0 Å². The fourth-order valence-corrected chi connectivity index (χ4v) is 5.46.